The van der Waals surface area contributed by atoms with E-state index in [1.807, 2.05) is 42.5 Å². The number of hydrogen-bond donors (Lipinski definition) is 1. The molecule has 146 valence electrons. The van der Waals surface area contributed by atoms with Crippen molar-refractivity contribution < 1.29 is 18.9 Å². The Morgan fingerprint density at radius 3 is 2.37 bits per heavy atom. The minimum Gasteiger partial charge on any atom is -0.493 e. The van der Waals surface area contributed by atoms with Crippen molar-refractivity contribution in [3.8, 4) is 17.2 Å². The fourth-order valence-corrected chi connectivity index (χ4v) is 3.32. The molecule has 1 aliphatic rings. The van der Waals surface area contributed by atoms with Crippen LogP contribution in [0.4, 0.5) is 0 Å². The third-order valence-electron chi connectivity index (χ3n) is 4.90. The Labute approximate surface area is 161 Å². The van der Waals surface area contributed by atoms with Gasteiger partial charge in [0.2, 0.25) is 5.75 Å². The van der Waals surface area contributed by atoms with Crippen molar-refractivity contribution in [3.63, 3.8) is 0 Å². The van der Waals surface area contributed by atoms with Crippen LogP contribution in [0.1, 0.15) is 30.9 Å². The maximum Gasteiger partial charge on any atom is 0.203 e. The highest BCUT2D eigenvalue weighted by Crippen LogP contribution is 2.39. The molecule has 2 aromatic rings. The first kappa shape index (κ1) is 19.5. The van der Waals surface area contributed by atoms with Gasteiger partial charge in [0.05, 0.1) is 20.3 Å². The molecule has 5 nitrogen and oxygen atoms in total. The van der Waals surface area contributed by atoms with Crippen molar-refractivity contribution in [2.75, 3.05) is 20.8 Å². The van der Waals surface area contributed by atoms with Crippen LogP contribution in [0.5, 0.6) is 17.2 Å². The molecule has 5 heteroatoms. The molecule has 0 aromatic heterocycles. The second-order valence-electron chi connectivity index (χ2n) is 6.82. The fourth-order valence-electron chi connectivity index (χ4n) is 3.32. The van der Waals surface area contributed by atoms with Gasteiger partial charge >= 0.3 is 0 Å². The summed E-state index contributed by atoms with van der Waals surface area (Å²) in [7, 11) is 3.30. The van der Waals surface area contributed by atoms with E-state index in [1.54, 1.807) is 14.2 Å². The summed E-state index contributed by atoms with van der Waals surface area (Å²) in [5, 5.41) is 3.54. The molecule has 1 heterocycles. The van der Waals surface area contributed by atoms with Crippen molar-refractivity contribution in [3.05, 3.63) is 53.6 Å². The first-order valence-electron chi connectivity index (χ1n) is 9.48. The Hall–Kier alpha value is -2.24. The van der Waals surface area contributed by atoms with E-state index in [9.17, 15) is 0 Å². The maximum atomic E-state index is 6.01. The van der Waals surface area contributed by atoms with Gasteiger partial charge in [-0.05, 0) is 43.0 Å². The van der Waals surface area contributed by atoms with Crippen LogP contribution in [0, 0.1) is 0 Å². The Balaban J connectivity index is 1.69. The highest BCUT2D eigenvalue weighted by molar-refractivity contribution is 5.54. The summed E-state index contributed by atoms with van der Waals surface area (Å²) in [4.78, 5) is 0. The molecule has 0 spiro atoms. The van der Waals surface area contributed by atoms with Crippen LogP contribution in [0.25, 0.3) is 0 Å². The van der Waals surface area contributed by atoms with Crippen LogP contribution >= 0.6 is 0 Å². The molecule has 0 bridgehead atoms. The van der Waals surface area contributed by atoms with Crippen molar-refractivity contribution >= 4 is 0 Å². The van der Waals surface area contributed by atoms with Crippen molar-refractivity contribution in [1.29, 1.82) is 0 Å². The van der Waals surface area contributed by atoms with Crippen LogP contribution < -0.4 is 19.5 Å². The lowest BCUT2D eigenvalue weighted by atomic mass is 10.1. The Bertz CT molecular complexity index is 689. The number of nitrogens with one attached hydrogen (secondary N) is 1. The predicted molar refractivity (Wildman–Crippen MR) is 106 cm³/mol. The largest absolute Gasteiger partial charge is 0.493 e. The first-order chi connectivity index (χ1) is 13.2. The second kappa shape index (κ2) is 9.62. The topological polar surface area (TPSA) is 49.0 Å². The Morgan fingerprint density at radius 2 is 1.78 bits per heavy atom. The van der Waals surface area contributed by atoms with Crippen LogP contribution in [-0.2, 0) is 17.9 Å². The molecule has 0 radical (unpaired) electrons. The molecule has 1 aliphatic heterocycles. The molecule has 0 saturated carbocycles. The van der Waals surface area contributed by atoms with Gasteiger partial charge in [-0.15, -0.1) is 0 Å². The molecule has 2 aromatic carbocycles. The quantitative estimate of drug-likeness (QED) is 0.723. The average Bonchev–Trinajstić information content (AvgIpc) is 3.26. The molecular weight excluding hydrogens is 342 g/mol. The van der Waals surface area contributed by atoms with Gasteiger partial charge in [-0.3, -0.25) is 0 Å². The smallest absolute Gasteiger partial charge is 0.203 e. The standard InChI is InChI=1S/C22H29NO4/c1-16(19-10-7-11-26-19)23-14-18-12-20(24-2)22(21(13-18)25-3)27-15-17-8-5-4-6-9-17/h4-6,8-9,12-13,16,19,23H,7,10-11,14-15H2,1-3H3. The zero-order chi connectivity index (χ0) is 19.1. The summed E-state index contributed by atoms with van der Waals surface area (Å²) >= 11 is 0. The third-order valence-corrected chi connectivity index (χ3v) is 4.90. The lowest BCUT2D eigenvalue weighted by Crippen LogP contribution is -2.36. The molecule has 2 atom stereocenters. The number of hydrogen-bond acceptors (Lipinski definition) is 5. The summed E-state index contributed by atoms with van der Waals surface area (Å²) in [5.41, 5.74) is 2.18. The van der Waals surface area contributed by atoms with E-state index < -0.39 is 0 Å². The second-order valence-corrected chi connectivity index (χ2v) is 6.82. The molecule has 1 saturated heterocycles. The summed E-state index contributed by atoms with van der Waals surface area (Å²) in [6.45, 7) is 4.21. The van der Waals surface area contributed by atoms with Crippen LogP contribution in [0.3, 0.4) is 0 Å². The van der Waals surface area contributed by atoms with Gasteiger partial charge in [-0.2, -0.15) is 0 Å². The van der Waals surface area contributed by atoms with E-state index in [0.29, 0.717) is 42.5 Å². The van der Waals surface area contributed by atoms with Crippen LogP contribution in [0.2, 0.25) is 0 Å². The van der Waals surface area contributed by atoms with Crippen LogP contribution in [0.15, 0.2) is 42.5 Å². The lowest BCUT2D eigenvalue weighted by molar-refractivity contribution is 0.0832. The SMILES string of the molecule is COc1cc(CNC(C)C2CCCO2)cc(OC)c1OCc1ccccc1. The lowest BCUT2D eigenvalue weighted by Gasteiger charge is -2.21. The molecule has 0 aliphatic carbocycles. The predicted octanol–water partition coefficient (Wildman–Crippen LogP) is 3.94. The number of rotatable bonds is 9. The molecule has 0 amide bonds. The van der Waals surface area contributed by atoms with E-state index in [0.717, 1.165) is 30.6 Å². The zero-order valence-corrected chi connectivity index (χ0v) is 16.4. The molecule has 3 rings (SSSR count). The van der Waals surface area contributed by atoms with E-state index >= 15 is 0 Å². The highest BCUT2D eigenvalue weighted by atomic mass is 16.5. The van der Waals surface area contributed by atoms with E-state index in [1.165, 1.54) is 0 Å². The Morgan fingerprint density at radius 1 is 1.07 bits per heavy atom. The van der Waals surface area contributed by atoms with Gasteiger partial charge in [0.1, 0.15) is 6.61 Å². The average molecular weight is 371 g/mol. The molecule has 1 N–H and O–H groups in total. The van der Waals surface area contributed by atoms with Gasteiger partial charge < -0.3 is 24.3 Å². The van der Waals surface area contributed by atoms with E-state index in [-0.39, 0.29) is 0 Å². The van der Waals surface area contributed by atoms with Crippen molar-refractivity contribution in [2.24, 2.45) is 0 Å². The van der Waals surface area contributed by atoms with Crippen molar-refractivity contribution in [2.45, 2.75) is 45.1 Å². The van der Waals surface area contributed by atoms with Crippen molar-refractivity contribution in [1.82, 2.24) is 5.32 Å². The summed E-state index contributed by atoms with van der Waals surface area (Å²) in [5.74, 6) is 1.97. The zero-order valence-electron chi connectivity index (χ0n) is 16.4. The van der Waals surface area contributed by atoms with E-state index in [2.05, 4.69) is 12.2 Å². The van der Waals surface area contributed by atoms with Gasteiger partial charge in [-0.25, -0.2) is 0 Å². The Kier molecular flexibility index (Phi) is 6.96. The van der Waals surface area contributed by atoms with Crippen LogP contribution in [-0.4, -0.2) is 33.0 Å². The molecule has 1 fully saturated rings. The maximum absolute atomic E-state index is 6.01. The highest BCUT2D eigenvalue weighted by Gasteiger charge is 2.22. The monoisotopic (exact) mass is 371 g/mol. The normalized spacial score (nSPS) is 17.5. The molecule has 27 heavy (non-hydrogen) atoms. The van der Waals surface area contributed by atoms with E-state index in [4.69, 9.17) is 18.9 Å². The number of methoxy groups -OCH3 is 2. The number of benzene rings is 2. The van der Waals surface area contributed by atoms with Gasteiger partial charge in [0, 0.05) is 19.2 Å². The fraction of sp³-hybridized carbons (Fsp3) is 0.455. The summed E-state index contributed by atoms with van der Waals surface area (Å²) in [6, 6.07) is 14.3. The molecule has 2 unspecified atom stereocenters. The molecular formula is C22H29NO4. The van der Waals surface area contributed by atoms with Gasteiger partial charge in [-0.1, -0.05) is 30.3 Å². The van der Waals surface area contributed by atoms with Gasteiger partial charge in [0.25, 0.3) is 0 Å². The first-order valence-corrected chi connectivity index (χ1v) is 9.48. The minimum atomic E-state index is 0.294. The summed E-state index contributed by atoms with van der Waals surface area (Å²) in [6.07, 6.45) is 2.56. The number of ether oxygens (including phenoxy) is 4. The minimum absolute atomic E-state index is 0.294. The van der Waals surface area contributed by atoms with Gasteiger partial charge in [0.15, 0.2) is 11.5 Å². The summed E-state index contributed by atoms with van der Waals surface area (Å²) < 4.78 is 22.9. The third kappa shape index (κ3) is 5.15.